The third-order valence-electron chi connectivity index (χ3n) is 1.66. The van der Waals surface area contributed by atoms with Crippen LogP contribution in [0.15, 0.2) is 48.5 Å². The molecule has 0 aliphatic heterocycles. The van der Waals surface area contributed by atoms with Crippen molar-refractivity contribution in [3.8, 4) is 0 Å². The molecule has 0 fully saturated rings. The van der Waals surface area contributed by atoms with E-state index in [0.29, 0.717) is 0 Å². The molecule has 0 bridgehead atoms. The number of rotatable bonds is 0. The molecule has 0 aliphatic carbocycles. The Balaban J connectivity index is 2.89. The zero-order valence-corrected chi connectivity index (χ0v) is 5.62. The topological polar surface area (TPSA) is 0 Å². The Morgan fingerprint density at radius 3 is 1.10 bits per heavy atom. The van der Waals surface area contributed by atoms with E-state index in [4.69, 9.17) is 0 Å². The Hall–Kier alpha value is -1.30. The quantitative estimate of drug-likeness (QED) is 0.525. The summed E-state index contributed by atoms with van der Waals surface area (Å²) in [4.78, 5) is 0. The van der Waals surface area contributed by atoms with E-state index in [9.17, 15) is 0 Å². The fourth-order valence-electron chi connectivity index (χ4n) is 1.13. The highest BCUT2D eigenvalue weighted by Gasteiger charge is 1.85. The lowest BCUT2D eigenvalue weighted by Gasteiger charge is -1.92. The van der Waals surface area contributed by atoms with Crippen molar-refractivity contribution < 1.29 is 0 Å². The minimum Gasteiger partial charge on any atom is -0.0616 e. The molecule has 0 amide bonds. The van der Waals surface area contributed by atoms with Gasteiger partial charge in [0.25, 0.3) is 0 Å². The van der Waals surface area contributed by atoms with Gasteiger partial charge in [-0.05, 0) is 10.8 Å². The lowest BCUT2D eigenvalue weighted by molar-refractivity contribution is 1.75. The molecule has 0 nitrogen and oxygen atoms in total. The molecule has 0 aliphatic rings. The van der Waals surface area contributed by atoms with E-state index in [-0.39, 0.29) is 0 Å². The van der Waals surface area contributed by atoms with Crippen LogP contribution in [0.25, 0.3) is 10.8 Å². The summed E-state index contributed by atoms with van der Waals surface area (Å²) in [6.07, 6.45) is 0. The van der Waals surface area contributed by atoms with Crippen LogP contribution in [0.1, 0.15) is 0 Å². The van der Waals surface area contributed by atoms with Crippen LogP contribution in [0, 0.1) is 0 Å². The second kappa shape index (κ2) is 2.14. The van der Waals surface area contributed by atoms with Crippen LogP contribution < -0.4 is 0 Å². The van der Waals surface area contributed by atoms with E-state index in [2.05, 4.69) is 48.5 Å². The number of hydrogen-bond donors (Lipinski definition) is 0. The SMILES string of the molecule is [13cH]1[13cH][13cH][13c]2[13cH][13cH][13cH][13cH][13c]2[13cH]1. The van der Waals surface area contributed by atoms with Crippen molar-refractivity contribution in [2.45, 2.75) is 0 Å². The Kier molecular flexibility index (Phi) is 1.17. The summed E-state index contributed by atoms with van der Waals surface area (Å²) in [7, 11) is 0. The summed E-state index contributed by atoms with van der Waals surface area (Å²) < 4.78 is 0. The maximum Gasteiger partial charge on any atom is -0.0184 e. The molecule has 0 N–H and O–H groups in total. The zero-order valence-electron chi connectivity index (χ0n) is 5.62. The summed E-state index contributed by atoms with van der Waals surface area (Å²) in [5, 5.41) is 2.62. The minimum absolute atomic E-state index is 1.31. The highest BCUT2D eigenvalue weighted by atomic mass is 14.9. The molecule has 0 saturated carbocycles. The first-order valence-corrected chi connectivity index (χ1v) is 3.40. The van der Waals surface area contributed by atoms with Gasteiger partial charge < -0.3 is 0 Å². The summed E-state index contributed by atoms with van der Waals surface area (Å²) in [6, 6.07) is 16.7. The molecule has 0 aromatic heterocycles. The maximum atomic E-state index is 2.12. The van der Waals surface area contributed by atoms with Crippen LogP contribution in [0.2, 0.25) is 0 Å². The molecule has 0 saturated heterocycles. The van der Waals surface area contributed by atoms with Gasteiger partial charge in [0, 0.05) is 0 Å². The molecule has 10 heavy (non-hydrogen) atoms. The van der Waals surface area contributed by atoms with Gasteiger partial charge in [-0.3, -0.25) is 0 Å². The van der Waals surface area contributed by atoms with Gasteiger partial charge in [0.2, 0.25) is 0 Å². The van der Waals surface area contributed by atoms with Crippen molar-refractivity contribution in [1.82, 2.24) is 0 Å². The largest absolute Gasteiger partial charge is 0.0616 e. The predicted octanol–water partition coefficient (Wildman–Crippen LogP) is 2.84. The molecular formula is C10H8. The van der Waals surface area contributed by atoms with Gasteiger partial charge in [-0.1, -0.05) is 48.5 Å². The molecule has 0 heteroatoms. The molecule has 48 valence electrons. The summed E-state index contributed by atoms with van der Waals surface area (Å²) in [5.41, 5.74) is 0. The average molecular weight is 138 g/mol. The zero-order chi connectivity index (χ0) is 6.81. The molecule has 2 aromatic carbocycles. The van der Waals surface area contributed by atoms with Crippen molar-refractivity contribution >= 4 is 10.8 Å². The molecule has 2 rings (SSSR count). The summed E-state index contributed by atoms with van der Waals surface area (Å²) >= 11 is 0. The molecule has 0 atom stereocenters. The van der Waals surface area contributed by atoms with Gasteiger partial charge in [0.15, 0.2) is 0 Å². The minimum atomic E-state index is 1.31. The van der Waals surface area contributed by atoms with Crippen molar-refractivity contribution in [2.75, 3.05) is 0 Å². The van der Waals surface area contributed by atoms with E-state index in [0.717, 1.165) is 0 Å². The van der Waals surface area contributed by atoms with Gasteiger partial charge >= 0.3 is 0 Å². The molecule has 0 heterocycles. The number of hydrogen-bond acceptors (Lipinski definition) is 0. The van der Waals surface area contributed by atoms with Crippen LogP contribution in [0.3, 0.4) is 0 Å². The lowest BCUT2D eigenvalue weighted by atomic mass is 11.1. The van der Waals surface area contributed by atoms with E-state index < -0.39 is 0 Å². The normalized spacial score (nSPS) is 10.0. The van der Waals surface area contributed by atoms with E-state index in [1.54, 1.807) is 0 Å². The van der Waals surface area contributed by atoms with Crippen molar-refractivity contribution in [1.29, 1.82) is 0 Å². The first-order valence-electron chi connectivity index (χ1n) is 3.40. The van der Waals surface area contributed by atoms with E-state index in [1.807, 2.05) is 0 Å². The first-order chi connectivity index (χ1) is 4.97. The summed E-state index contributed by atoms with van der Waals surface area (Å²) in [5.74, 6) is 0. The highest BCUT2D eigenvalue weighted by Crippen LogP contribution is 2.11. The Labute approximate surface area is 60.1 Å². The van der Waals surface area contributed by atoms with Gasteiger partial charge in [-0.2, -0.15) is 0 Å². The molecular weight excluding hydrogens is 130 g/mol. The molecule has 0 spiro atoms. The Morgan fingerprint density at radius 2 is 0.800 bits per heavy atom. The summed E-state index contributed by atoms with van der Waals surface area (Å²) in [6.45, 7) is 0. The third-order valence-corrected chi connectivity index (χ3v) is 1.66. The van der Waals surface area contributed by atoms with E-state index in [1.165, 1.54) is 10.8 Å². The van der Waals surface area contributed by atoms with Crippen molar-refractivity contribution in [3.63, 3.8) is 0 Å². The van der Waals surface area contributed by atoms with Crippen LogP contribution in [-0.2, 0) is 0 Å². The second-order valence-electron chi connectivity index (χ2n) is 2.35. The van der Waals surface area contributed by atoms with Gasteiger partial charge in [-0.25, -0.2) is 0 Å². The lowest BCUT2D eigenvalue weighted by Crippen LogP contribution is -1.67. The Bertz CT molecular complexity index is 271. The standard InChI is InChI=1S/C10H8/c1-2-6-10-8-4-3-7-9(10)5-1/h1-8H/i1+1,2+1,3+1,4+1,5+1,6+1,7+1,8+1,9+1,10+1. The smallest absolute Gasteiger partial charge is 0.0184 e. The second-order valence-corrected chi connectivity index (χ2v) is 2.35. The highest BCUT2D eigenvalue weighted by molar-refractivity contribution is 5.81. The fourth-order valence-corrected chi connectivity index (χ4v) is 1.13. The van der Waals surface area contributed by atoms with Crippen LogP contribution in [0.5, 0.6) is 0 Å². The maximum absolute atomic E-state index is 2.12. The number of benzene rings is 2. The molecule has 0 unspecified atom stereocenters. The average Bonchev–Trinajstić information content (AvgIpc) is 2.05. The Morgan fingerprint density at radius 1 is 0.500 bits per heavy atom. The first kappa shape index (κ1) is 5.48. The third kappa shape index (κ3) is 0.781. The van der Waals surface area contributed by atoms with Gasteiger partial charge in [-0.15, -0.1) is 0 Å². The molecule has 2 aromatic rings. The van der Waals surface area contributed by atoms with Crippen LogP contribution in [0.4, 0.5) is 0 Å². The van der Waals surface area contributed by atoms with Crippen LogP contribution >= 0.6 is 0 Å². The predicted molar refractivity (Wildman–Crippen MR) is 43.9 cm³/mol. The fraction of sp³-hybridized carbons (Fsp3) is 0. The molecule has 0 radical (unpaired) electrons. The number of fused-ring (bicyclic) bond motifs is 1. The van der Waals surface area contributed by atoms with Crippen molar-refractivity contribution in [2.24, 2.45) is 0 Å². The monoisotopic (exact) mass is 138 g/mol. The van der Waals surface area contributed by atoms with Crippen molar-refractivity contribution in [3.05, 3.63) is 48.5 Å². The van der Waals surface area contributed by atoms with Gasteiger partial charge in [0.1, 0.15) is 0 Å². The van der Waals surface area contributed by atoms with Crippen LogP contribution in [-0.4, -0.2) is 0 Å². The van der Waals surface area contributed by atoms with E-state index >= 15 is 0 Å². The van der Waals surface area contributed by atoms with Gasteiger partial charge in [0.05, 0.1) is 0 Å².